The molecule has 0 saturated carbocycles. The number of nitrogens with zero attached hydrogens (tertiary/aromatic N) is 6. The Hall–Kier alpha value is -4.93. The largest absolute Gasteiger partial charge is 0.383 e. The van der Waals surface area contributed by atoms with E-state index in [0.29, 0.717) is 45.8 Å². The minimum Gasteiger partial charge on any atom is -0.383 e. The van der Waals surface area contributed by atoms with Crippen LogP contribution in [-0.4, -0.2) is 55.0 Å². The first-order valence-corrected chi connectivity index (χ1v) is 15.0. The third kappa shape index (κ3) is 5.34. The molecule has 2 bridgehead atoms. The third-order valence-corrected chi connectivity index (χ3v) is 8.60. The summed E-state index contributed by atoms with van der Waals surface area (Å²) in [4.78, 5) is 28.0. The second-order valence-corrected chi connectivity index (χ2v) is 10.9. The van der Waals surface area contributed by atoms with Crippen molar-refractivity contribution in [1.29, 1.82) is 5.41 Å². The molecule has 3 aromatic heterocycles. The number of aldehydes is 1. The number of anilines is 1. The van der Waals surface area contributed by atoms with E-state index < -0.39 is 0 Å². The molecule has 6 rings (SSSR count). The van der Waals surface area contributed by atoms with Crippen molar-refractivity contribution < 1.29 is 9.18 Å². The van der Waals surface area contributed by atoms with Gasteiger partial charge in [0.05, 0.1) is 28.8 Å². The van der Waals surface area contributed by atoms with Crippen LogP contribution in [0.3, 0.4) is 0 Å². The molecule has 2 aliphatic heterocycles. The number of aromatic nitrogens is 4. The van der Waals surface area contributed by atoms with E-state index >= 15 is 0 Å². The Kier molecular flexibility index (Phi) is 8.84. The van der Waals surface area contributed by atoms with Crippen molar-refractivity contribution >= 4 is 29.9 Å². The maximum atomic E-state index is 14.4. The highest BCUT2D eigenvalue weighted by Gasteiger charge is 2.43. The highest BCUT2D eigenvalue weighted by Crippen LogP contribution is 2.45. The van der Waals surface area contributed by atoms with Crippen molar-refractivity contribution in [2.75, 3.05) is 5.73 Å². The van der Waals surface area contributed by atoms with E-state index in [1.807, 2.05) is 39.0 Å². The zero-order valence-corrected chi connectivity index (χ0v) is 25.3. The normalized spacial score (nSPS) is 19.4. The number of aliphatic imine (C=N–C) groups is 1. The molecular weight excluding hydrogens is 557 g/mol. The van der Waals surface area contributed by atoms with Gasteiger partial charge < -0.3 is 16.4 Å². The first-order valence-electron chi connectivity index (χ1n) is 15.0. The van der Waals surface area contributed by atoms with E-state index in [0.717, 1.165) is 49.4 Å². The number of rotatable bonds is 8. The van der Waals surface area contributed by atoms with Crippen molar-refractivity contribution in [2.45, 2.75) is 70.9 Å². The summed E-state index contributed by atoms with van der Waals surface area (Å²) in [7, 11) is 0. The van der Waals surface area contributed by atoms with Crippen LogP contribution in [0.25, 0.3) is 28.0 Å². The van der Waals surface area contributed by atoms with Gasteiger partial charge >= 0.3 is 0 Å². The van der Waals surface area contributed by atoms with Crippen LogP contribution in [0.5, 0.6) is 0 Å². The van der Waals surface area contributed by atoms with Gasteiger partial charge in [0.1, 0.15) is 23.8 Å². The van der Waals surface area contributed by atoms with Crippen LogP contribution in [0.15, 0.2) is 60.0 Å². The van der Waals surface area contributed by atoms with Crippen LogP contribution >= 0.6 is 0 Å². The molecule has 0 amide bonds. The Morgan fingerprint density at radius 3 is 2.45 bits per heavy atom. The number of nitrogens with two attached hydrogens (primary N) is 2. The molecule has 4 aromatic rings. The number of aryl methyl sites for hydroxylation is 1. The maximum absolute atomic E-state index is 14.4. The first-order chi connectivity index (χ1) is 21.3. The van der Waals surface area contributed by atoms with E-state index in [4.69, 9.17) is 21.9 Å². The molecule has 2 aliphatic rings. The Bertz CT molecular complexity index is 1730. The summed E-state index contributed by atoms with van der Waals surface area (Å²) in [5.74, 6) is 0.246. The van der Waals surface area contributed by atoms with Crippen molar-refractivity contribution in [3.8, 4) is 22.4 Å². The molecule has 2 atom stereocenters. The number of amidine groups is 1. The standard InChI is InChI=1S/C31H32FN9O.C2H6/c1-3-18-4-5-19(12-26(18)32)27-9-6-20(13-36-27)24-14-38-41-30(35)25(15-42)28(39-31(24)41)21-10-22-7-8-23(11-21)40(22)17(2)29(34)37-16-33;1-2/h4-6,9,12-16,21-23H,2-3,7-8,10-11,35H2,1H3,(H3,33,34,37);1-2H3. The molecule has 0 radical (unpaired) electrons. The molecule has 10 nitrogen and oxygen atoms in total. The smallest absolute Gasteiger partial charge is 0.165 e. The van der Waals surface area contributed by atoms with Gasteiger partial charge in [-0.2, -0.15) is 9.61 Å². The average Bonchev–Trinajstić information content (AvgIpc) is 3.59. The van der Waals surface area contributed by atoms with E-state index in [-0.39, 0.29) is 35.5 Å². The van der Waals surface area contributed by atoms with Crippen LogP contribution < -0.4 is 11.5 Å². The molecule has 5 N–H and O–H groups in total. The topological polar surface area (TPSA) is 152 Å². The Labute approximate surface area is 256 Å². The maximum Gasteiger partial charge on any atom is 0.165 e. The zero-order chi connectivity index (χ0) is 31.5. The highest BCUT2D eigenvalue weighted by atomic mass is 19.1. The predicted molar refractivity (Wildman–Crippen MR) is 172 cm³/mol. The van der Waals surface area contributed by atoms with Crippen molar-refractivity contribution in [3.05, 3.63) is 77.6 Å². The SMILES string of the molecule is C=C(C(N)=NC=N)N1C2CCC1CC(c1nc3c(-c4ccc(-c5ccc(CC)c(F)c5)nc4)cnn3c(N)c1C=O)C2.CC. The first kappa shape index (κ1) is 30.5. The molecule has 2 fully saturated rings. The van der Waals surface area contributed by atoms with Gasteiger partial charge in [-0.15, -0.1) is 0 Å². The second-order valence-electron chi connectivity index (χ2n) is 10.9. The fraction of sp³-hybridized carbons (Fsp3) is 0.333. The van der Waals surface area contributed by atoms with Gasteiger partial charge in [0.25, 0.3) is 0 Å². The number of carbonyl (C=O) groups excluding carboxylic acids is 1. The average molecular weight is 596 g/mol. The monoisotopic (exact) mass is 595 g/mol. The van der Waals surface area contributed by atoms with Gasteiger partial charge in [-0.1, -0.05) is 45.5 Å². The number of hydrogen-bond acceptors (Lipinski definition) is 7. The molecule has 0 aliphatic carbocycles. The summed E-state index contributed by atoms with van der Waals surface area (Å²) < 4.78 is 15.9. The van der Waals surface area contributed by atoms with Gasteiger partial charge in [-0.05, 0) is 49.8 Å². The number of carbonyl (C=O) groups is 1. The van der Waals surface area contributed by atoms with Crippen molar-refractivity contribution in [1.82, 2.24) is 24.5 Å². The van der Waals surface area contributed by atoms with Crippen LogP contribution in [0, 0.1) is 11.2 Å². The Balaban J connectivity index is 0.00000188. The molecule has 11 heteroatoms. The number of nitrogen functional groups attached to an aromatic ring is 1. The number of pyridine rings is 1. The van der Waals surface area contributed by atoms with E-state index in [9.17, 15) is 9.18 Å². The van der Waals surface area contributed by atoms with Gasteiger partial charge in [0.2, 0.25) is 0 Å². The molecule has 5 heterocycles. The van der Waals surface area contributed by atoms with E-state index in [2.05, 4.69) is 26.6 Å². The van der Waals surface area contributed by atoms with Crippen molar-refractivity contribution in [3.63, 3.8) is 0 Å². The lowest BCUT2D eigenvalue weighted by Crippen LogP contribution is -2.44. The molecule has 44 heavy (non-hydrogen) atoms. The van der Waals surface area contributed by atoms with Gasteiger partial charge in [0.15, 0.2) is 11.9 Å². The molecule has 1 aromatic carbocycles. The molecule has 228 valence electrons. The van der Waals surface area contributed by atoms with Gasteiger partial charge in [-0.3, -0.25) is 15.2 Å². The number of hydrogen-bond donors (Lipinski definition) is 3. The summed E-state index contributed by atoms with van der Waals surface area (Å²) in [6, 6.07) is 9.24. The fourth-order valence-corrected chi connectivity index (χ4v) is 6.52. The number of benzene rings is 1. The summed E-state index contributed by atoms with van der Waals surface area (Å²) >= 11 is 0. The third-order valence-electron chi connectivity index (χ3n) is 8.60. The van der Waals surface area contributed by atoms with E-state index in [1.54, 1.807) is 18.5 Å². The van der Waals surface area contributed by atoms with Gasteiger partial charge in [0, 0.05) is 40.9 Å². The summed E-state index contributed by atoms with van der Waals surface area (Å²) in [6.45, 7) is 10.1. The minimum atomic E-state index is -0.242. The lowest BCUT2D eigenvalue weighted by atomic mass is 9.85. The van der Waals surface area contributed by atoms with Crippen LogP contribution in [0.4, 0.5) is 10.2 Å². The Morgan fingerprint density at radius 1 is 1.16 bits per heavy atom. The Morgan fingerprint density at radius 2 is 1.86 bits per heavy atom. The lowest BCUT2D eigenvalue weighted by Gasteiger charge is -2.41. The summed E-state index contributed by atoms with van der Waals surface area (Å²) in [6.07, 6.45) is 9.14. The van der Waals surface area contributed by atoms with E-state index in [1.165, 1.54) is 10.6 Å². The second kappa shape index (κ2) is 12.7. The molecule has 2 unspecified atom stereocenters. The van der Waals surface area contributed by atoms with Crippen LogP contribution in [0.2, 0.25) is 0 Å². The lowest BCUT2D eigenvalue weighted by molar-refractivity contribution is 0.111. The van der Waals surface area contributed by atoms with Crippen molar-refractivity contribution in [2.24, 2.45) is 10.7 Å². The minimum absolute atomic E-state index is 0.00388. The summed E-state index contributed by atoms with van der Waals surface area (Å²) in [5, 5.41) is 11.7. The fourth-order valence-electron chi connectivity index (χ4n) is 6.52. The number of piperidine rings is 1. The molecular formula is C33H38FN9O. The molecule has 0 spiro atoms. The van der Waals surface area contributed by atoms with Crippen LogP contribution in [0.1, 0.15) is 74.0 Å². The quantitative estimate of drug-likeness (QED) is 0.133. The number of halogens is 1. The summed E-state index contributed by atoms with van der Waals surface area (Å²) in [5.41, 5.74) is 18.3. The zero-order valence-electron chi connectivity index (χ0n) is 25.3. The predicted octanol–water partition coefficient (Wildman–Crippen LogP) is 5.77. The van der Waals surface area contributed by atoms with Crippen LogP contribution in [-0.2, 0) is 6.42 Å². The van der Waals surface area contributed by atoms with Gasteiger partial charge in [-0.25, -0.2) is 14.4 Å². The number of fused-ring (bicyclic) bond motifs is 3. The highest BCUT2D eigenvalue weighted by molar-refractivity contribution is 5.99. The number of nitrogens with one attached hydrogen (secondary N) is 1. The molecule has 2 saturated heterocycles.